The molecule has 0 heterocycles. The van der Waals surface area contributed by atoms with Crippen LogP contribution >= 0.6 is 0 Å². The van der Waals surface area contributed by atoms with Gasteiger partial charge in [-0.2, -0.15) is 0 Å². The van der Waals surface area contributed by atoms with Crippen molar-refractivity contribution < 1.29 is 17.9 Å². The highest BCUT2D eigenvalue weighted by Gasteiger charge is 2.07. The molecular formula is C14H22N2O4S. The standard InChI is InChI=1S/C14H22N2O4S/c1-2-20-11-3-10-16-14(17)9-6-12-4-7-13(8-5-12)21(15,18)19/h4-5,7-8H,2-3,6,9-11H2,1H3,(H,16,17)(H2,15,18,19). The van der Waals surface area contributed by atoms with E-state index in [1.54, 1.807) is 12.1 Å². The molecule has 7 heteroatoms. The van der Waals surface area contributed by atoms with Crippen LogP contribution in [0.4, 0.5) is 0 Å². The van der Waals surface area contributed by atoms with Gasteiger partial charge in [-0.05, 0) is 37.5 Å². The van der Waals surface area contributed by atoms with Crippen LogP contribution in [0.1, 0.15) is 25.3 Å². The third-order valence-corrected chi connectivity index (χ3v) is 3.81. The van der Waals surface area contributed by atoms with Crippen molar-refractivity contribution in [1.29, 1.82) is 0 Å². The molecule has 0 spiro atoms. The van der Waals surface area contributed by atoms with Gasteiger partial charge in [0.15, 0.2) is 0 Å². The molecular weight excluding hydrogens is 292 g/mol. The second kappa shape index (κ2) is 8.76. The van der Waals surface area contributed by atoms with E-state index in [1.807, 2.05) is 6.92 Å². The van der Waals surface area contributed by atoms with Crippen LogP contribution in [0.25, 0.3) is 0 Å². The van der Waals surface area contributed by atoms with Gasteiger partial charge >= 0.3 is 0 Å². The van der Waals surface area contributed by atoms with E-state index in [1.165, 1.54) is 12.1 Å². The van der Waals surface area contributed by atoms with Gasteiger partial charge in [0.2, 0.25) is 15.9 Å². The fourth-order valence-corrected chi connectivity index (χ4v) is 2.25. The number of nitrogens with one attached hydrogen (secondary N) is 1. The maximum absolute atomic E-state index is 11.6. The Morgan fingerprint density at radius 2 is 1.95 bits per heavy atom. The van der Waals surface area contributed by atoms with Crippen LogP contribution in [0.2, 0.25) is 0 Å². The van der Waals surface area contributed by atoms with Crippen molar-refractivity contribution in [1.82, 2.24) is 5.32 Å². The second-order valence-corrected chi connectivity index (χ2v) is 6.15. The molecule has 0 saturated carbocycles. The highest BCUT2D eigenvalue weighted by Crippen LogP contribution is 2.10. The van der Waals surface area contributed by atoms with Crippen LogP contribution in [0.3, 0.4) is 0 Å². The van der Waals surface area contributed by atoms with E-state index in [-0.39, 0.29) is 10.8 Å². The molecule has 1 amide bonds. The van der Waals surface area contributed by atoms with Crippen molar-refractivity contribution >= 4 is 15.9 Å². The molecule has 0 saturated heterocycles. The Bertz CT molecular complexity index is 541. The molecule has 0 unspecified atom stereocenters. The van der Waals surface area contributed by atoms with Crippen LogP contribution in [0, 0.1) is 0 Å². The highest BCUT2D eigenvalue weighted by atomic mass is 32.2. The van der Waals surface area contributed by atoms with Crippen molar-refractivity contribution in [3.63, 3.8) is 0 Å². The van der Waals surface area contributed by atoms with E-state index in [9.17, 15) is 13.2 Å². The smallest absolute Gasteiger partial charge is 0.238 e. The number of primary sulfonamides is 1. The van der Waals surface area contributed by atoms with Crippen LogP contribution in [-0.2, 0) is 26.0 Å². The number of carbonyl (C=O) groups excluding carboxylic acids is 1. The summed E-state index contributed by atoms with van der Waals surface area (Å²) in [6, 6.07) is 6.24. The Morgan fingerprint density at radius 1 is 1.29 bits per heavy atom. The summed E-state index contributed by atoms with van der Waals surface area (Å²) in [5.41, 5.74) is 0.895. The van der Waals surface area contributed by atoms with Crippen molar-refractivity contribution in [3.8, 4) is 0 Å². The number of amides is 1. The van der Waals surface area contributed by atoms with Gasteiger partial charge in [0.1, 0.15) is 0 Å². The van der Waals surface area contributed by atoms with Crippen LogP contribution in [-0.4, -0.2) is 34.1 Å². The summed E-state index contributed by atoms with van der Waals surface area (Å²) >= 11 is 0. The Labute approximate surface area is 125 Å². The lowest BCUT2D eigenvalue weighted by Crippen LogP contribution is -2.25. The third-order valence-electron chi connectivity index (χ3n) is 2.88. The molecule has 0 atom stereocenters. The van der Waals surface area contributed by atoms with E-state index in [4.69, 9.17) is 9.88 Å². The predicted octanol–water partition coefficient (Wildman–Crippen LogP) is 0.809. The minimum atomic E-state index is -3.66. The van der Waals surface area contributed by atoms with Gasteiger partial charge < -0.3 is 10.1 Å². The van der Waals surface area contributed by atoms with Crippen molar-refractivity contribution in [2.75, 3.05) is 19.8 Å². The predicted molar refractivity (Wildman–Crippen MR) is 80.3 cm³/mol. The van der Waals surface area contributed by atoms with Gasteiger partial charge in [-0.3, -0.25) is 4.79 Å². The Hall–Kier alpha value is -1.44. The molecule has 0 aliphatic heterocycles. The number of rotatable bonds is 9. The molecule has 3 N–H and O–H groups in total. The average Bonchev–Trinajstić information content (AvgIpc) is 2.44. The molecule has 0 radical (unpaired) electrons. The fourth-order valence-electron chi connectivity index (χ4n) is 1.74. The molecule has 1 rings (SSSR count). The Morgan fingerprint density at radius 3 is 2.52 bits per heavy atom. The number of nitrogens with two attached hydrogens (primary N) is 1. The normalized spacial score (nSPS) is 11.3. The van der Waals surface area contributed by atoms with E-state index >= 15 is 0 Å². The number of ether oxygens (including phenoxy) is 1. The van der Waals surface area contributed by atoms with Gasteiger partial charge in [-0.25, -0.2) is 13.6 Å². The fraction of sp³-hybridized carbons (Fsp3) is 0.500. The second-order valence-electron chi connectivity index (χ2n) is 4.59. The summed E-state index contributed by atoms with van der Waals surface area (Å²) in [5.74, 6) is -0.0259. The SMILES string of the molecule is CCOCCCNC(=O)CCc1ccc(S(N)(=O)=O)cc1. The third kappa shape index (κ3) is 7.22. The zero-order valence-electron chi connectivity index (χ0n) is 12.2. The highest BCUT2D eigenvalue weighted by molar-refractivity contribution is 7.89. The molecule has 0 bridgehead atoms. The van der Waals surface area contributed by atoms with Crippen molar-refractivity contribution in [3.05, 3.63) is 29.8 Å². The lowest BCUT2D eigenvalue weighted by atomic mass is 10.1. The summed E-state index contributed by atoms with van der Waals surface area (Å²) in [4.78, 5) is 11.7. The van der Waals surface area contributed by atoms with Crippen molar-refractivity contribution in [2.24, 2.45) is 5.14 Å². The molecule has 0 aliphatic rings. The lowest BCUT2D eigenvalue weighted by Gasteiger charge is -2.06. The topological polar surface area (TPSA) is 98.5 Å². The lowest BCUT2D eigenvalue weighted by molar-refractivity contribution is -0.121. The summed E-state index contributed by atoms with van der Waals surface area (Å²) in [6.45, 7) is 3.86. The van der Waals surface area contributed by atoms with Gasteiger partial charge in [0, 0.05) is 26.2 Å². The van der Waals surface area contributed by atoms with E-state index < -0.39 is 10.0 Å². The van der Waals surface area contributed by atoms with Gasteiger partial charge in [-0.1, -0.05) is 12.1 Å². The average molecular weight is 314 g/mol. The first-order valence-electron chi connectivity index (χ1n) is 6.89. The van der Waals surface area contributed by atoms with Gasteiger partial charge in [-0.15, -0.1) is 0 Å². The summed E-state index contributed by atoms with van der Waals surface area (Å²) in [7, 11) is -3.66. The monoisotopic (exact) mass is 314 g/mol. The summed E-state index contributed by atoms with van der Waals surface area (Å²) < 4.78 is 27.4. The first-order chi connectivity index (χ1) is 9.93. The van der Waals surface area contributed by atoms with Gasteiger partial charge in [0.25, 0.3) is 0 Å². The quantitative estimate of drug-likeness (QED) is 0.659. The zero-order valence-corrected chi connectivity index (χ0v) is 13.0. The number of aryl methyl sites for hydroxylation is 1. The summed E-state index contributed by atoms with van der Waals surface area (Å²) in [6.07, 6.45) is 1.72. The number of carbonyl (C=O) groups is 1. The van der Waals surface area contributed by atoms with Crippen LogP contribution in [0.5, 0.6) is 0 Å². The molecule has 0 aromatic heterocycles. The molecule has 21 heavy (non-hydrogen) atoms. The maximum atomic E-state index is 11.6. The van der Waals surface area contributed by atoms with Gasteiger partial charge in [0.05, 0.1) is 4.90 Å². The van der Waals surface area contributed by atoms with Crippen LogP contribution < -0.4 is 10.5 Å². The number of hydrogen-bond acceptors (Lipinski definition) is 4. The molecule has 0 aliphatic carbocycles. The van der Waals surface area contributed by atoms with E-state index in [2.05, 4.69) is 5.32 Å². The largest absolute Gasteiger partial charge is 0.382 e. The number of sulfonamides is 1. The first-order valence-corrected chi connectivity index (χ1v) is 8.44. The Kier molecular flexibility index (Phi) is 7.35. The molecule has 6 nitrogen and oxygen atoms in total. The van der Waals surface area contributed by atoms with E-state index in [0.29, 0.717) is 32.6 Å². The van der Waals surface area contributed by atoms with E-state index in [0.717, 1.165) is 12.0 Å². The zero-order chi connectivity index (χ0) is 15.7. The van der Waals surface area contributed by atoms with Crippen molar-refractivity contribution in [2.45, 2.75) is 31.1 Å². The molecule has 118 valence electrons. The maximum Gasteiger partial charge on any atom is 0.238 e. The molecule has 1 aromatic carbocycles. The number of hydrogen-bond donors (Lipinski definition) is 2. The molecule has 1 aromatic rings. The summed E-state index contributed by atoms with van der Waals surface area (Å²) in [5, 5.41) is 7.83. The first kappa shape index (κ1) is 17.6. The minimum absolute atomic E-state index is 0.0259. The van der Waals surface area contributed by atoms with Crippen LogP contribution in [0.15, 0.2) is 29.2 Å². The molecule has 0 fully saturated rings. The number of benzene rings is 1. The minimum Gasteiger partial charge on any atom is -0.382 e. The Balaban J connectivity index is 2.30.